The highest BCUT2D eigenvalue weighted by Gasteiger charge is 2.18. The van der Waals surface area contributed by atoms with Crippen LogP contribution in [0.5, 0.6) is 0 Å². The molecule has 0 atom stereocenters. The maximum absolute atomic E-state index is 11.4. The first-order chi connectivity index (χ1) is 13.4. The topological polar surface area (TPSA) is 46.2 Å². The van der Waals surface area contributed by atoms with Crippen LogP contribution in [0.1, 0.15) is 33.4 Å². The number of hydrogen-bond donors (Lipinski definition) is 1. The second-order valence-electron chi connectivity index (χ2n) is 7.37. The number of benzene rings is 3. The first kappa shape index (κ1) is 18.5. The third-order valence-electron chi connectivity index (χ3n) is 5.05. The van der Waals surface area contributed by atoms with E-state index < -0.39 is 10.0 Å². The molecule has 3 aromatic carbocycles. The summed E-state index contributed by atoms with van der Waals surface area (Å²) in [6.45, 7) is 2.13. The second-order valence-corrected chi connectivity index (χ2v) is 9.12. The molecule has 0 aromatic heterocycles. The summed E-state index contributed by atoms with van der Waals surface area (Å²) in [5.74, 6) is 0. The van der Waals surface area contributed by atoms with Gasteiger partial charge in [0.05, 0.1) is 6.26 Å². The molecule has 28 heavy (non-hydrogen) atoms. The van der Waals surface area contributed by atoms with Gasteiger partial charge in [0.1, 0.15) is 0 Å². The Morgan fingerprint density at radius 2 is 1.54 bits per heavy atom. The Labute approximate surface area is 166 Å². The number of nitrogens with one attached hydrogen (secondary N) is 1. The van der Waals surface area contributed by atoms with Crippen molar-refractivity contribution in [3.05, 3.63) is 100 Å². The van der Waals surface area contributed by atoms with Crippen molar-refractivity contribution in [2.45, 2.75) is 19.8 Å². The van der Waals surface area contributed by atoms with Gasteiger partial charge >= 0.3 is 0 Å². The van der Waals surface area contributed by atoms with Gasteiger partial charge in [0.15, 0.2) is 0 Å². The maximum atomic E-state index is 11.4. The van der Waals surface area contributed by atoms with Crippen molar-refractivity contribution in [1.29, 1.82) is 0 Å². The molecule has 0 saturated carbocycles. The molecule has 142 valence electrons. The predicted octanol–water partition coefficient (Wildman–Crippen LogP) is 5.05. The van der Waals surface area contributed by atoms with Gasteiger partial charge in [-0.2, -0.15) is 0 Å². The van der Waals surface area contributed by atoms with Crippen LogP contribution < -0.4 is 4.72 Å². The monoisotopic (exact) mass is 389 g/mol. The minimum absolute atomic E-state index is 0.571. The van der Waals surface area contributed by atoms with Crippen LogP contribution in [0.15, 0.2) is 66.7 Å². The highest BCUT2D eigenvalue weighted by atomic mass is 32.2. The molecule has 3 aromatic rings. The fourth-order valence-electron chi connectivity index (χ4n) is 3.76. The van der Waals surface area contributed by atoms with Gasteiger partial charge in [-0.15, -0.1) is 0 Å². The fraction of sp³-hybridized carbons (Fsp3) is 0.167. The lowest BCUT2D eigenvalue weighted by Gasteiger charge is -2.13. The lowest BCUT2D eigenvalue weighted by molar-refractivity contribution is 0.607. The summed E-state index contributed by atoms with van der Waals surface area (Å²) in [5, 5.41) is 0. The normalized spacial score (nSPS) is 14.9. The van der Waals surface area contributed by atoms with E-state index in [1.54, 1.807) is 12.1 Å². The smallest absolute Gasteiger partial charge is 0.229 e. The minimum Gasteiger partial charge on any atom is -0.284 e. The molecule has 0 heterocycles. The van der Waals surface area contributed by atoms with E-state index in [0.717, 1.165) is 24.7 Å². The summed E-state index contributed by atoms with van der Waals surface area (Å²) in [7, 11) is -3.27. The van der Waals surface area contributed by atoms with E-state index in [1.807, 2.05) is 12.1 Å². The van der Waals surface area contributed by atoms with Crippen molar-refractivity contribution in [3.63, 3.8) is 0 Å². The lowest BCUT2D eigenvalue weighted by atomic mass is 9.91. The Hall–Kier alpha value is -2.85. The summed E-state index contributed by atoms with van der Waals surface area (Å²) in [4.78, 5) is 0. The van der Waals surface area contributed by atoms with E-state index >= 15 is 0 Å². The van der Waals surface area contributed by atoms with Crippen LogP contribution in [0.2, 0.25) is 0 Å². The number of rotatable bonds is 3. The molecule has 0 saturated heterocycles. The molecule has 0 amide bonds. The van der Waals surface area contributed by atoms with Crippen LogP contribution >= 0.6 is 0 Å². The highest BCUT2D eigenvalue weighted by Crippen LogP contribution is 2.35. The van der Waals surface area contributed by atoms with E-state index in [9.17, 15) is 8.42 Å². The maximum Gasteiger partial charge on any atom is 0.229 e. The zero-order chi connectivity index (χ0) is 19.7. The molecule has 0 unspecified atom stereocenters. The number of fused-ring (bicyclic) bond motifs is 2. The summed E-state index contributed by atoms with van der Waals surface area (Å²) in [6.07, 6.45) is 5.42. The van der Waals surface area contributed by atoms with Crippen molar-refractivity contribution in [2.75, 3.05) is 11.0 Å². The van der Waals surface area contributed by atoms with Crippen LogP contribution in [-0.2, 0) is 22.9 Å². The Morgan fingerprint density at radius 3 is 2.25 bits per heavy atom. The zero-order valence-electron chi connectivity index (χ0n) is 16.1. The molecule has 1 N–H and O–H groups in total. The van der Waals surface area contributed by atoms with Crippen molar-refractivity contribution in [3.8, 4) is 0 Å². The summed E-state index contributed by atoms with van der Waals surface area (Å²) in [5.41, 5.74) is 9.35. The quantitative estimate of drug-likeness (QED) is 0.681. The lowest BCUT2D eigenvalue weighted by Crippen LogP contribution is -2.09. The molecular formula is C24H23NO2S. The number of anilines is 1. The van der Waals surface area contributed by atoms with E-state index in [-0.39, 0.29) is 0 Å². The van der Waals surface area contributed by atoms with Gasteiger partial charge in [0.2, 0.25) is 10.0 Å². The van der Waals surface area contributed by atoms with Crippen LogP contribution in [0.25, 0.3) is 11.6 Å². The van der Waals surface area contributed by atoms with Crippen molar-refractivity contribution in [2.24, 2.45) is 0 Å². The average molecular weight is 390 g/mol. The van der Waals surface area contributed by atoms with E-state index in [1.165, 1.54) is 33.4 Å². The highest BCUT2D eigenvalue weighted by molar-refractivity contribution is 7.92. The van der Waals surface area contributed by atoms with E-state index in [2.05, 4.69) is 60.2 Å². The molecule has 0 fully saturated rings. The largest absolute Gasteiger partial charge is 0.284 e. The fourth-order valence-corrected chi connectivity index (χ4v) is 4.32. The zero-order valence-corrected chi connectivity index (χ0v) is 16.9. The number of sulfonamides is 1. The van der Waals surface area contributed by atoms with Crippen LogP contribution in [0.4, 0.5) is 5.69 Å². The molecule has 0 spiro atoms. The number of hydrogen-bond acceptors (Lipinski definition) is 2. The van der Waals surface area contributed by atoms with E-state index in [4.69, 9.17) is 0 Å². The van der Waals surface area contributed by atoms with Gasteiger partial charge in [-0.1, -0.05) is 60.2 Å². The standard InChI is InChI=1S/C24H23NO2S/c1-17-7-10-20-12-11-19-5-3-4-6-22(19)24(23(20)15-17)16-18-8-13-21(14-9-18)25-28(2,26)27/h3-10,13-16,25H,11-12H2,1-2H3. The van der Waals surface area contributed by atoms with Crippen molar-refractivity contribution in [1.82, 2.24) is 0 Å². The molecule has 1 aliphatic rings. The number of aryl methyl sites for hydroxylation is 3. The van der Waals surface area contributed by atoms with Crippen molar-refractivity contribution < 1.29 is 8.42 Å². The molecule has 0 aliphatic heterocycles. The van der Waals surface area contributed by atoms with Gasteiger partial charge in [-0.3, -0.25) is 4.72 Å². The molecule has 1 aliphatic carbocycles. The van der Waals surface area contributed by atoms with Gasteiger partial charge in [-0.25, -0.2) is 8.42 Å². The summed E-state index contributed by atoms with van der Waals surface area (Å²) in [6, 6.07) is 22.8. The van der Waals surface area contributed by atoms with Gasteiger partial charge in [-0.05, 0) is 71.4 Å². The van der Waals surface area contributed by atoms with Crippen LogP contribution in [0.3, 0.4) is 0 Å². The molecule has 0 bridgehead atoms. The SMILES string of the molecule is Cc1ccc2c(c1)C(=Cc1ccc(NS(C)(=O)=O)cc1)c1ccccc1CC2. The predicted molar refractivity (Wildman–Crippen MR) is 117 cm³/mol. The summed E-state index contributed by atoms with van der Waals surface area (Å²) >= 11 is 0. The third-order valence-corrected chi connectivity index (χ3v) is 5.66. The Bertz CT molecular complexity index is 1160. The molecule has 3 nitrogen and oxygen atoms in total. The van der Waals surface area contributed by atoms with Gasteiger partial charge in [0, 0.05) is 5.69 Å². The van der Waals surface area contributed by atoms with Crippen LogP contribution in [-0.4, -0.2) is 14.7 Å². The van der Waals surface area contributed by atoms with Gasteiger partial charge in [0.25, 0.3) is 0 Å². The first-order valence-electron chi connectivity index (χ1n) is 9.37. The van der Waals surface area contributed by atoms with Crippen LogP contribution in [0, 0.1) is 6.92 Å². The molecular weight excluding hydrogens is 366 g/mol. The molecule has 0 radical (unpaired) electrons. The summed E-state index contributed by atoms with van der Waals surface area (Å²) < 4.78 is 25.4. The van der Waals surface area contributed by atoms with E-state index in [0.29, 0.717) is 5.69 Å². The molecule has 4 heteroatoms. The second kappa shape index (κ2) is 7.28. The third kappa shape index (κ3) is 4.02. The Balaban J connectivity index is 1.83. The average Bonchev–Trinajstić information content (AvgIpc) is 2.80. The Morgan fingerprint density at radius 1 is 0.857 bits per heavy atom. The minimum atomic E-state index is -3.27. The van der Waals surface area contributed by atoms with Gasteiger partial charge < -0.3 is 0 Å². The first-order valence-corrected chi connectivity index (χ1v) is 11.3. The Kier molecular flexibility index (Phi) is 4.82. The molecule has 4 rings (SSSR count). The van der Waals surface area contributed by atoms with Crippen molar-refractivity contribution >= 4 is 27.4 Å².